The van der Waals surface area contributed by atoms with E-state index in [2.05, 4.69) is 4.90 Å². The van der Waals surface area contributed by atoms with Crippen LogP contribution in [0, 0.1) is 5.92 Å². The van der Waals surface area contributed by atoms with E-state index < -0.39 is 37.9 Å². The van der Waals surface area contributed by atoms with Gasteiger partial charge in [0.15, 0.2) is 0 Å². The Morgan fingerprint density at radius 1 is 1.00 bits per heavy atom. The summed E-state index contributed by atoms with van der Waals surface area (Å²) in [6.07, 6.45) is 3.10. The van der Waals surface area contributed by atoms with Gasteiger partial charge in [0.05, 0.1) is 41.5 Å². The van der Waals surface area contributed by atoms with E-state index in [1.165, 1.54) is 10.4 Å². The molecule has 11 heteroatoms. The maximum absolute atomic E-state index is 13.9. The van der Waals surface area contributed by atoms with E-state index in [-0.39, 0.29) is 22.9 Å². The fourth-order valence-corrected chi connectivity index (χ4v) is 9.03. The van der Waals surface area contributed by atoms with Crippen molar-refractivity contribution in [1.82, 2.24) is 13.5 Å². The first-order chi connectivity index (χ1) is 17.8. The summed E-state index contributed by atoms with van der Waals surface area (Å²) in [7, 11) is -7.95. The maximum Gasteiger partial charge on any atom is 0.271 e. The van der Waals surface area contributed by atoms with Gasteiger partial charge in [-0.1, -0.05) is 49.7 Å². The summed E-state index contributed by atoms with van der Waals surface area (Å²) < 4.78 is 62.3. The van der Waals surface area contributed by atoms with Crippen LogP contribution in [0.1, 0.15) is 26.2 Å². The standard InChI is InChI=1S/C26H33N3O6S2/c1-2-7-22-25-23(12-14-28(25)36(31,32)19-6-13-27-15-17-35-18-16-27)29(26(22)30)37(33,34)24-11-5-9-20-8-3-4-10-21(20)24/h3-5,8-12,22,25H,2,6-7,13-19H2,1H3/t22?,25-/m1/s1. The van der Waals surface area contributed by atoms with Crippen LogP contribution in [0.3, 0.4) is 0 Å². The quantitative estimate of drug-likeness (QED) is 0.475. The van der Waals surface area contributed by atoms with Gasteiger partial charge in [0.2, 0.25) is 15.9 Å². The van der Waals surface area contributed by atoms with Crippen LogP contribution in [0.25, 0.3) is 10.8 Å². The van der Waals surface area contributed by atoms with Gasteiger partial charge >= 0.3 is 0 Å². The van der Waals surface area contributed by atoms with E-state index in [1.807, 2.05) is 25.1 Å². The third-order valence-electron chi connectivity index (χ3n) is 7.43. The molecular weight excluding hydrogens is 514 g/mol. The van der Waals surface area contributed by atoms with E-state index in [9.17, 15) is 21.6 Å². The number of benzene rings is 2. The molecule has 3 aliphatic heterocycles. The summed E-state index contributed by atoms with van der Waals surface area (Å²) in [4.78, 5) is 15.9. The molecule has 5 rings (SSSR count). The van der Waals surface area contributed by atoms with Gasteiger partial charge in [-0.25, -0.2) is 21.1 Å². The molecule has 2 saturated heterocycles. The van der Waals surface area contributed by atoms with Crippen LogP contribution in [0.5, 0.6) is 0 Å². The topological polar surface area (TPSA) is 104 Å². The summed E-state index contributed by atoms with van der Waals surface area (Å²) in [6, 6.07) is 11.3. The molecule has 0 radical (unpaired) electrons. The van der Waals surface area contributed by atoms with Gasteiger partial charge in [-0.15, -0.1) is 0 Å². The second kappa shape index (κ2) is 10.5. The molecule has 2 atom stereocenters. The number of hydrogen-bond acceptors (Lipinski definition) is 7. The van der Waals surface area contributed by atoms with Crippen molar-refractivity contribution >= 4 is 36.7 Å². The number of nitrogens with zero attached hydrogens (tertiary/aromatic N) is 3. The van der Waals surface area contributed by atoms with Crippen molar-refractivity contribution in [2.75, 3.05) is 45.1 Å². The number of rotatable bonds is 9. The molecule has 3 aliphatic rings. The summed E-state index contributed by atoms with van der Waals surface area (Å²) in [5.41, 5.74) is 0.258. The minimum atomic E-state index is -4.24. The van der Waals surface area contributed by atoms with Crippen LogP contribution in [-0.2, 0) is 29.6 Å². The number of sulfonamides is 2. The minimum absolute atomic E-state index is 0.0440. The Labute approximate surface area is 218 Å². The molecule has 0 bridgehead atoms. The van der Waals surface area contributed by atoms with E-state index in [0.717, 1.165) is 22.8 Å². The first kappa shape index (κ1) is 26.3. The van der Waals surface area contributed by atoms with Crippen molar-refractivity contribution in [3.05, 3.63) is 54.2 Å². The Balaban J connectivity index is 1.42. The van der Waals surface area contributed by atoms with Crippen LogP contribution >= 0.6 is 0 Å². The molecule has 2 aromatic carbocycles. The average Bonchev–Trinajstić information content (AvgIpc) is 3.43. The number of carbonyl (C=O) groups excluding carboxylic acids is 1. The lowest BCUT2D eigenvalue weighted by Crippen LogP contribution is -2.43. The summed E-state index contributed by atoms with van der Waals surface area (Å²) in [6.45, 7) is 5.49. The predicted octanol–water partition coefficient (Wildman–Crippen LogP) is 2.41. The molecule has 0 spiro atoms. The van der Waals surface area contributed by atoms with Crippen molar-refractivity contribution in [2.45, 2.75) is 37.1 Å². The lowest BCUT2D eigenvalue weighted by molar-refractivity contribution is -0.127. The summed E-state index contributed by atoms with van der Waals surface area (Å²) in [5, 5.41) is 1.28. The second-order valence-electron chi connectivity index (χ2n) is 9.75. The summed E-state index contributed by atoms with van der Waals surface area (Å²) >= 11 is 0. The Morgan fingerprint density at radius 2 is 1.73 bits per heavy atom. The smallest absolute Gasteiger partial charge is 0.271 e. The third kappa shape index (κ3) is 4.83. The monoisotopic (exact) mass is 547 g/mol. The second-order valence-corrected chi connectivity index (χ2v) is 13.5. The van der Waals surface area contributed by atoms with Gasteiger partial charge < -0.3 is 4.74 Å². The number of carbonyl (C=O) groups is 1. The number of morpholine rings is 1. The lowest BCUT2D eigenvalue weighted by Gasteiger charge is -2.28. The number of hydrogen-bond donors (Lipinski definition) is 0. The van der Waals surface area contributed by atoms with Gasteiger partial charge in [0.25, 0.3) is 10.0 Å². The van der Waals surface area contributed by atoms with Crippen LogP contribution < -0.4 is 0 Å². The van der Waals surface area contributed by atoms with Gasteiger partial charge in [0, 0.05) is 25.0 Å². The zero-order chi connectivity index (χ0) is 26.2. The molecule has 0 aliphatic carbocycles. The summed E-state index contributed by atoms with van der Waals surface area (Å²) in [5.74, 6) is -1.35. The van der Waals surface area contributed by atoms with Gasteiger partial charge in [0.1, 0.15) is 0 Å². The van der Waals surface area contributed by atoms with E-state index in [0.29, 0.717) is 44.4 Å². The highest BCUT2D eigenvalue weighted by Crippen LogP contribution is 2.43. The number of fused-ring (bicyclic) bond motifs is 2. The Morgan fingerprint density at radius 3 is 2.49 bits per heavy atom. The average molecular weight is 548 g/mol. The van der Waals surface area contributed by atoms with Crippen LogP contribution in [-0.4, -0.2) is 87.4 Å². The zero-order valence-electron chi connectivity index (χ0n) is 21.0. The van der Waals surface area contributed by atoms with Gasteiger partial charge in [-0.05, 0) is 36.9 Å². The van der Waals surface area contributed by atoms with Crippen molar-refractivity contribution in [3.63, 3.8) is 0 Å². The molecule has 2 fully saturated rings. The van der Waals surface area contributed by atoms with Crippen LogP contribution in [0.15, 0.2) is 59.1 Å². The molecule has 37 heavy (non-hydrogen) atoms. The SMILES string of the molecule is CCCC1C(=O)N(S(=O)(=O)c2cccc3ccccc23)C2=CCN(S(=O)(=O)CCCN3CCOCC3)[C@@H]21. The Hall–Kier alpha value is -2.31. The fourth-order valence-electron chi connectivity index (χ4n) is 5.66. The van der Waals surface area contributed by atoms with Gasteiger partial charge in [-0.2, -0.15) is 4.31 Å². The highest BCUT2D eigenvalue weighted by atomic mass is 32.2. The highest BCUT2D eigenvalue weighted by Gasteiger charge is 2.55. The highest BCUT2D eigenvalue weighted by molar-refractivity contribution is 7.90. The van der Waals surface area contributed by atoms with Crippen molar-refractivity contribution < 1.29 is 26.4 Å². The van der Waals surface area contributed by atoms with Crippen molar-refractivity contribution in [3.8, 4) is 0 Å². The number of ether oxygens (including phenoxy) is 1. The molecule has 0 N–H and O–H groups in total. The third-order valence-corrected chi connectivity index (χ3v) is 11.1. The molecule has 0 aromatic heterocycles. The first-order valence-corrected chi connectivity index (χ1v) is 15.9. The predicted molar refractivity (Wildman–Crippen MR) is 141 cm³/mol. The Kier molecular flexibility index (Phi) is 7.43. The molecule has 9 nitrogen and oxygen atoms in total. The van der Waals surface area contributed by atoms with E-state index in [4.69, 9.17) is 4.74 Å². The minimum Gasteiger partial charge on any atom is -0.379 e. The maximum atomic E-state index is 13.9. The fraction of sp³-hybridized carbons (Fsp3) is 0.500. The molecule has 2 aromatic rings. The van der Waals surface area contributed by atoms with E-state index in [1.54, 1.807) is 24.3 Å². The zero-order valence-corrected chi connectivity index (χ0v) is 22.6. The van der Waals surface area contributed by atoms with E-state index >= 15 is 0 Å². The first-order valence-electron chi connectivity index (χ1n) is 12.8. The molecular formula is C26H33N3O6S2. The largest absolute Gasteiger partial charge is 0.379 e. The Bertz CT molecular complexity index is 1410. The van der Waals surface area contributed by atoms with Crippen molar-refractivity contribution in [2.24, 2.45) is 5.92 Å². The lowest BCUT2D eigenvalue weighted by atomic mass is 9.97. The molecule has 1 unspecified atom stereocenters. The molecule has 200 valence electrons. The molecule has 0 saturated carbocycles. The normalized spacial score (nSPS) is 23.5. The van der Waals surface area contributed by atoms with Crippen molar-refractivity contribution in [1.29, 1.82) is 0 Å². The molecule has 1 amide bonds. The van der Waals surface area contributed by atoms with Gasteiger partial charge in [-0.3, -0.25) is 9.69 Å². The molecule has 3 heterocycles. The number of amides is 1. The van der Waals surface area contributed by atoms with Crippen LogP contribution in [0.2, 0.25) is 0 Å². The van der Waals surface area contributed by atoms with Crippen LogP contribution in [0.4, 0.5) is 0 Å².